The Morgan fingerprint density at radius 2 is 2.24 bits per heavy atom. The van der Waals surface area contributed by atoms with Crippen LogP contribution in [0.3, 0.4) is 0 Å². The first-order chi connectivity index (χ1) is 9.75. The summed E-state index contributed by atoms with van der Waals surface area (Å²) >= 11 is 1.41. The monoisotopic (exact) mass is 311 g/mol. The highest BCUT2D eigenvalue weighted by atomic mass is 32.1. The van der Waals surface area contributed by atoms with Crippen molar-refractivity contribution in [2.24, 2.45) is 5.92 Å². The molecular weight excluding hydrogens is 290 g/mol. The van der Waals surface area contributed by atoms with Crippen molar-refractivity contribution in [1.82, 2.24) is 9.88 Å². The van der Waals surface area contributed by atoms with E-state index in [1.807, 2.05) is 5.38 Å². The zero-order valence-electron chi connectivity index (χ0n) is 12.5. The minimum Gasteiger partial charge on any atom is -0.481 e. The third-order valence-corrected chi connectivity index (χ3v) is 4.28. The quantitative estimate of drug-likeness (QED) is 0.899. The van der Waals surface area contributed by atoms with E-state index in [1.54, 1.807) is 4.90 Å². The SMILES string of the molecule is CC(C)(C)c1csc(NC(=O)N2CCC(CC(=O)O)C2)n1. The van der Waals surface area contributed by atoms with Crippen molar-refractivity contribution in [2.75, 3.05) is 18.4 Å². The summed E-state index contributed by atoms with van der Waals surface area (Å²) in [4.78, 5) is 28.9. The summed E-state index contributed by atoms with van der Waals surface area (Å²) in [6, 6.07) is -0.197. The van der Waals surface area contributed by atoms with Crippen molar-refractivity contribution in [3.05, 3.63) is 11.1 Å². The van der Waals surface area contributed by atoms with Crippen molar-refractivity contribution in [3.63, 3.8) is 0 Å². The number of aromatic nitrogens is 1. The lowest BCUT2D eigenvalue weighted by Gasteiger charge is -2.16. The zero-order chi connectivity index (χ0) is 15.6. The Balaban J connectivity index is 1.90. The molecule has 1 aromatic heterocycles. The molecule has 21 heavy (non-hydrogen) atoms. The van der Waals surface area contributed by atoms with E-state index in [4.69, 9.17) is 5.11 Å². The van der Waals surface area contributed by atoms with E-state index in [2.05, 4.69) is 31.1 Å². The van der Waals surface area contributed by atoms with Crippen LogP contribution in [-0.2, 0) is 10.2 Å². The van der Waals surface area contributed by atoms with Gasteiger partial charge in [-0.3, -0.25) is 10.1 Å². The second kappa shape index (κ2) is 6.01. The number of carboxylic acid groups (broad SMARTS) is 1. The first-order valence-electron chi connectivity index (χ1n) is 6.99. The summed E-state index contributed by atoms with van der Waals surface area (Å²) in [7, 11) is 0. The number of anilines is 1. The van der Waals surface area contributed by atoms with Crippen LogP contribution in [0.2, 0.25) is 0 Å². The topological polar surface area (TPSA) is 82.5 Å². The standard InChI is InChI=1S/C14H21N3O3S/c1-14(2,3)10-8-21-12(15-10)16-13(20)17-5-4-9(7-17)6-11(18)19/h8-9H,4-7H2,1-3H3,(H,18,19)(H,15,16,20). The molecule has 2 heterocycles. The molecule has 1 aliphatic rings. The molecule has 0 bridgehead atoms. The predicted molar refractivity (Wildman–Crippen MR) is 81.8 cm³/mol. The number of thiazole rings is 1. The maximum Gasteiger partial charge on any atom is 0.323 e. The Morgan fingerprint density at radius 3 is 2.81 bits per heavy atom. The van der Waals surface area contributed by atoms with E-state index in [9.17, 15) is 9.59 Å². The number of urea groups is 1. The van der Waals surface area contributed by atoms with Crippen molar-refractivity contribution in [3.8, 4) is 0 Å². The molecule has 7 heteroatoms. The maximum absolute atomic E-state index is 12.1. The van der Waals surface area contributed by atoms with Gasteiger partial charge in [-0.1, -0.05) is 20.8 Å². The smallest absolute Gasteiger partial charge is 0.323 e. The fourth-order valence-corrected chi connectivity index (χ4v) is 3.20. The highest BCUT2D eigenvalue weighted by Gasteiger charge is 2.28. The van der Waals surface area contributed by atoms with Gasteiger partial charge < -0.3 is 10.0 Å². The van der Waals surface area contributed by atoms with Gasteiger partial charge in [0.2, 0.25) is 0 Å². The Morgan fingerprint density at radius 1 is 1.52 bits per heavy atom. The average Bonchev–Trinajstić information content (AvgIpc) is 2.96. The van der Waals surface area contributed by atoms with Gasteiger partial charge in [-0.15, -0.1) is 11.3 Å². The maximum atomic E-state index is 12.1. The molecule has 6 nitrogen and oxygen atoms in total. The minimum atomic E-state index is -0.808. The normalized spacial score (nSPS) is 18.8. The molecular formula is C14H21N3O3S. The number of aliphatic carboxylic acids is 1. The third-order valence-electron chi connectivity index (χ3n) is 3.52. The first-order valence-corrected chi connectivity index (χ1v) is 7.87. The van der Waals surface area contributed by atoms with Gasteiger partial charge in [-0.25, -0.2) is 9.78 Å². The van der Waals surface area contributed by atoms with Crippen LogP contribution in [0.4, 0.5) is 9.93 Å². The molecule has 0 radical (unpaired) electrons. The largest absolute Gasteiger partial charge is 0.481 e. The number of carbonyl (C=O) groups is 2. The van der Waals surface area contributed by atoms with E-state index in [0.29, 0.717) is 18.2 Å². The number of hydrogen-bond donors (Lipinski definition) is 2. The molecule has 0 saturated carbocycles. The summed E-state index contributed by atoms with van der Waals surface area (Å²) < 4.78 is 0. The van der Waals surface area contributed by atoms with Crippen LogP contribution in [0, 0.1) is 5.92 Å². The van der Waals surface area contributed by atoms with Crippen molar-refractivity contribution in [2.45, 2.75) is 39.0 Å². The van der Waals surface area contributed by atoms with E-state index < -0.39 is 5.97 Å². The summed E-state index contributed by atoms with van der Waals surface area (Å²) in [5, 5.41) is 14.1. The number of amides is 2. The van der Waals surface area contributed by atoms with Gasteiger partial charge in [-0.2, -0.15) is 0 Å². The molecule has 0 aliphatic carbocycles. The number of hydrogen-bond acceptors (Lipinski definition) is 4. The predicted octanol–water partition coefficient (Wildman–Crippen LogP) is 2.77. The van der Waals surface area contributed by atoms with Crippen LogP contribution in [0.15, 0.2) is 5.38 Å². The lowest BCUT2D eigenvalue weighted by atomic mass is 9.93. The van der Waals surface area contributed by atoms with Gasteiger partial charge in [0.15, 0.2) is 5.13 Å². The molecule has 1 saturated heterocycles. The van der Waals surface area contributed by atoms with Crippen molar-refractivity contribution in [1.29, 1.82) is 0 Å². The lowest BCUT2D eigenvalue weighted by molar-refractivity contribution is -0.138. The van der Waals surface area contributed by atoms with E-state index in [0.717, 1.165) is 12.1 Å². The highest BCUT2D eigenvalue weighted by molar-refractivity contribution is 7.13. The van der Waals surface area contributed by atoms with Gasteiger partial charge in [0, 0.05) is 30.3 Å². The summed E-state index contributed by atoms with van der Waals surface area (Å²) in [6.07, 6.45) is 0.861. The van der Waals surface area contributed by atoms with Gasteiger partial charge >= 0.3 is 12.0 Å². The molecule has 1 fully saturated rings. The summed E-state index contributed by atoms with van der Waals surface area (Å²) in [5.41, 5.74) is 0.910. The van der Waals surface area contributed by atoms with Gasteiger partial charge in [0.05, 0.1) is 5.69 Å². The second-order valence-corrected chi connectivity index (χ2v) is 7.27. The Labute approximate surface area is 128 Å². The van der Waals surface area contributed by atoms with E-state index >= 15 is 0 Å². The second-order valence-electron chi connectivity index (χ2n) is 6.42. The van der Waals surface area contributed by atoms with Crippen molar-refractivity contribution < 1.29 is 14.7 Å². The number of nitrogens with zero attached hydrogens (tertiary/aromatic N) is 2. The lowest BCUT2D eigenvalue weighted by Crippen LogP contribution is -2.33. The van der Waals surface area contributed by atoms with Crippen LogP contribution >= 0.6 is 11.3 Å². The molecule has 2 N–H and O–H groups in total. The third kappa shape index (κ3) is 4.17. The van der Waals surface area contributed by atoms with Crippen LogP contribution in [0.25, 0.3) is 0 Å². The molecule has 1 unspecified atom stereocenters. The van der Waals surface area contributed by atoms with E-state index in [-0.39, 0.29) is 23.8 Å². The first kappa shape index (κ1) is 15.8. The molecule has 1 atom stereocenters. The molecule has 1 aliphatic heterocycles. The number of nitrogens with one attached hydrogen (secondary N) is 1. The Bertz CT molecular complexity index is 536. The molecule has 2 amide bonds. The fraction of sp³-hybridized carbons (Fsp3) is 0.643. The van der Waals surface area contributed by atoms with Crippen molar-refractivity contribution >= 4 is 28.5 Å². The number of carbonyl (C=O) groups excluding carboxylic acids is 1. The van der Waals surface area contributed by atoms with Gasteiger partial charge in [0.1, 0.15) is 0 Å². The fourth-order valence-electron chi connectivity index (χ4n) is 2.28. The molecule has 0 aromatic carbocycles. The molecule has 1 aromatic rings. The molecule has 2 rings (SSSR count). The summed E-state index contributed by atoms with van der Waals surface area (Å²) in [6.45, 7) is 7.32. The van der Waals surface area contributed by atoms with E-state index in [1.165, 1.54) is 11.3 Å². The number of rotatable bonds is 3. The van der Waals surface area contributed by atoms with Crippen LogP contribution < -0.4 is 5.32 Å². The zero-order valence-corrected chi connectivity index (χ0v) is 13.4. The van der Waals surface area contributed by atoms with Crippen LogP contribution in [0.5, 0.6) is 0 Å². The van der Waals surface area contributed by atoms with Crippen LogP contribution in [0.1, 0.15) is 39.3 Å². The van der Waals surface area contributed by atoms with Gasteiger partial charge in [0.25, 0.3) is 0 Å². The Kier molecular flexibility index (Phi) is 4.51. The van der Waals surface area contributed by atoms with Crippen LogP contribution in [-0.4, -0.2) is 40.1 Å². The molecule has 116 valence electrons. The number of carboxylic acids is 1. The minimum absolute atomic E-state index is 0.0420. The van der Waals surface area contributed by atoms with Gasteiger partial charge in [-0.05, 0) is 12.3 Å². The number of likely N-dealkylation sites (tertiary alicyclic amines) is 1. The Hall–Kier alpha value is -1.63. The highest BCUT2D eigenvalue weighted by Crippen LogP contribution is 2.27. The average molecular weight is 311 g/mol. The molecule has 0 spiro atoms. The summed E-state index contributed by atoms with van der Waals surface area (Å²) in [5.74, 6) is -0.758.